The lowest BCUT2D eigenvalue weighted by Crippen LogP contribution is -2.37. The van der Waals surface area contributed by atoms with Crippen molar-refractivity contribution < 1.29 is 27.4 Å². The molecular formula is C34H30F3N13O3. The number of hydrogen-bond acceptors (Lipinski definition) is 15. The van der Waals surface area contributed by atoms with E-state index in [4.69, 9.17) is 25.9 Å². The third-order valence-corrected chi connectivity index (χ3v) is 8.74. The van der Waals surface area contributed by atoms with Gasteiger partial charge >= 0.3 is 0 Å². The molecule has 0 atom stereocenters. The van der Waals surface area contributed by atoms with E-state index in [1.165, 1.54) is 6.20 Å². The van der Waals surface area contributed by atoms with Gasteiger partial charge in [0.15, 0.2) is 51.4 Å². The third kappa shape index (κ3) is 6.86. The van der Waals surface area contributed by atoms with Crippen molar-refractivity contribution in [3.05, 3.63) is 65.7 Å². The van der Waals surface area contributed by atoms with Crippen molar-refractivity contribution in [3.8, 4) is 22.5 Å². The van der Waals surface area contributed by atoms with Crippen LogP contribution in [0.25, 0.3) is 44.8 Å². The first-order chi connectivity index (χ1) is 25.7. The van der Waals surface area contributed by atoms with E-state index < -0.39 is 17.5 Å². The number of anilines is 5. The minimum Gasteiger partial charge on any atom is -0.378 e. The number of halogens is 3. The van der Waals surface area contributed by atoms with E-state index >= 15 is 0 Å². The molecular weight excluding hydrogens is 695 g/mol. The van der Waals surface area contributed by atoms with Gasteiger partial charge in [0.25, 0.3) is 0 Å². The fourth-order valence-electron chi connectivity index (χ4n) is 6.18. The van der Waals surface area contributed by atoms with Crippen LogP contribution in [0.15, 0.2) is 42.7 Å². The van der Waals surface area contributed by atoms with E-state index in [0.717, 1.165) is 28.9 Å². The maximum atomic E-state index is 13.5. The number of nitrogens with zero attached hydrogens (tertiary/aromatic N) is 10. The largest absolute Gasteiger partial charge is 0.378 e. The summed E-state index contributed by atoms with van der Waals surface area (Å²) in [5.74, 6) is -2.78. The summed E-state index contributed by atoms with van der Waals surface area (Å²) in [4.78, 5) is 50.3. The van der Waals surface area contributed by atoms with Gasteiger partial charge in [-0.2, -0.15) is 19.9 Å². The summed E-state index contributed by atoms with van der Waals surface area (Å²) in [5, 5.41) is 2.84. The molecule has 0 saturated carbocycles. The maximum absolute atomic E-state index is 13.5. The third-order valence-electron chi connectivity index (χ3n) is 8.74. The average Bonchev–Trinajstić information content (AvgIpc) is 3.56. The summed E-state index contributed by atoms with van der Waals surface area (Å²) in [6, 6.07) is 7.51. The molecule has 2 aromatic carbocycles. The molecule has 16 nitrogen and oxygen atoms in total. The molecule has 0 spiro atoms. The number of nitrogens with two attached hydrogens (primary N) is 2. The molecule has 3 aliphatic rings. The maximum Gasteiger partial charge on any atom is 0.228 e. The van der Waals surface area contributed by atoms with Crippen molar-refractivity contribution in [1.29, 1.82) is 0 Å². The number of hydrogen-bond donors (Lipinski definition) is 3. The van der Waals surface area contributed by atoms with Gasteiger partial charge < -0.3 is 36.1 Å². The molecule has 270 valence electrons. The molecule has 2 saturated heterocycles. The molecule has 5 N–H and O–H groups in total. The number of benzene rings is 2. The molecule has 7 heterocycles. The lowest BCUT2D eigenvalue weighted by molar-refractivity contribution is -0.115. The van der Waals surface area contributed by atoms with Crippen molar-refractivity contribution >= 4 is 57.5 Å². The Hall–Kier alpha value is -6.34. The minimum atomic E-state index is -1.53. The number of morpholine rings is 2. The van der Waals surface area contributed by atoms with Crippen LogP contribution in [0.4, 0.5) is 42.4 Å². The van der Waals surface area contributed by atoms with Crippen LogP contribution < -0.4 is 26.6 Å². The number of nitrogen functional groups attached to an aromatic ring is 2. The van der Waals surface area contributed by atoms with Crippen molar-refractivity contribution in [2.75, 3.05) is 79.2 Å². The van der Waals surface area contributed by atoms with Crippen LogP contribution in [0.3, 0.4) is 0 Å². The Morgan fingerprint density at radius 3 is 1.70 bits per heavy atom. The van der Waals surface area contributed by atoms with Crippen molar-refractivity contribution in [2.45, 2.75) is 6.42 Å². The standard InChI is InChI=1S/C18H17N7O2.C16H13F3N6O/c19-18-23-16-15(17(24-18)25-3-5-27-6-4-25)22-13(9-20-16)10-1-2-12-11(7-10)8-14(26)21-12;17-9-5-8(6-10(18)12(9)19)11-7-21-14-13(22-11)15(24-16(20)23-14)25-1-3-26-4-2-25/h1-2,7,9H,3-6,8H2,(H,21,26)(H2,19,20,23,24);5-7H,1-4H2,(H2,20,21,23,24). The Morgan fingerprint density at radius 1 is 0.660 bits per heavy atom. The van der Waals surface area contributed by atoms with Gasteiger partial charge in [-0.25, -0.2) is 33.1 Å². The van der Waals surface area contributed by atoms with Crippen LogP contribution in [0.1, 0.15) is 5.56 Å². The molecule has 53 heavy (non-hydrogen) atoms. The van der Waals surface area contributed by atoms with E-state index in [0.29, 0.717) is 93.0 Å². The Kier molecular flexibility index (Phi) is 8.92. The molecule has 1 amide bonds. The number of nitrogens with one attached hydrogen (secondary N) is 1. The number of aromatic nitrogens is 8. The van der Waals surface area contributed by atoms with E-state index in [1.54, 1.807) is 6.20 Å². The fraction of sp³-hybridized carbons (Fsp3) is 0.265. The molecule has 6 aromatic rings. The van der Waals surface area contributed by atoms with Crippen LogP contribution in [-0.2, 0) is 20.7 Å². The predicted octanol–water partition coefficient (Wildman–Crippen LogP) is 2.92. The van der Waals surface area contributed by atoms with Gasteiger partial charge in [-0.3, -0.25) is 4.79 Å². The second-order valence-corrected chi connectivity index (χ2v) is 12.2. The first-order valence-corrected chi connectivity index (χ1v) is 16.5. The Balaban J connectivity index is 0.000000151. The second-order valence-electron chi connectivity index (χ2n) is 12.2. The monoisotopic (exact) mass is 725 g/mol. The molecule has 2 fully saturated rings. The van der Waals surface area contributed by atoms with Crippen LogP contribution in [0.2, 0.25) is 0 Å². The molecule has 0 aliphatic carbocycles. The lowest BCUT2D eigenvalue weighted by Gasteiger charge is -2.28. The first kappa shape index (κ1) is 33.8. The zero-order valence-corrected chi connectivity index (χ0v) is 27.9. The van der Waals surface area contributed by atoms with Crippen molar-refractivity contribution in [3.63, 3.8) is 0 Å². The predicted molar refractivity (Wildman–Crippen MR) is 188 cm³/mol. The SMILES string of the molecule is Nc1nc(N2CCOCC2)c2nc(-c3cc(F)c(F)c(F)c3)cnc2n1.Nc1nc(N2CCOCC2)c2nc(-c3ccc4c(c3)CC(=O)N4)cnc2n1. The van der Waals surface area contributed by atoms with Crippen LogP contribution in [0.5, 0.6) is 0 Å². The van der Waals surface area contributed by atoms with E-state index in [1.807, 2.05) is 23.1 Å². The molecule has 19 heteroatoms. The summed E-state index contributed by atoms with van der Waals surface area (Å²) < 4.78 is 51.0. The molecule has 0 radical (unpaired) electrons. The first-order valence-electron chi connectivity index (χ1n) is 16.5. The minimum absolute atomic E-state index is 0.00484. The normalized spacial score (nSPS) is 15.6. The van der Waals surface area contributed by atoms with Gasteiger partial charge in [-0.1, -0.05) is 6.07 Å². The van der Waals surface area contributed by atoms with Gasteiger partial charge in [0.2, 0.25) is 17.8 Å². The smallest absolute Gasteiger partial charge is 0.228 e. The molecule has 0 bridgehead atoms. The number of fused-ring (bicyclic) bond motifs is 3. The zero-order chi connectivity index (χ0) is 36.6. The van der Waals surface area contributed by atoms with Crippen LogP contribution >= 0.6 is 0 Å². The van der Waals surface area contributed by atoms with Crippen LogP contribution in [0, 0.1) is 17.5 Å². The van der Waals surface area contributed by atoms with E-state index in [2.05, 4.69) is 45.1 Å². The average molecular weight is 726 g/mol. The summed E-state index contributed by atoms with van der Waals surface area (Å²) in [5.41, 5.74) is 16.9. The van der Waals surface area contributed by atoms with Gasteiger partial charge in [-0.15, -0.1) is 0 Å². The van der Waals surface area contributed by atoms with Gasteiger partial charge in [-0.05, 0) is 29.8 Å². The quantitative estimate of drug-likeness (QED) is 0.223. The van der Waals surface area contributed by atoms with Crippen molar-refractivity contribution in [2.24, 2.45) is 0 Å². The number of amides is 1. The van der Waals surface area contributed by atoms with Crippen LogP contribution in [-0.4, -0.2) is 98.4 Å². The molecule has 3 aliphatic heterocycles. The van der Waals surface area contributed by atoms with Crippen molar-refractivity contribution in [1.82, 2.24) is 39.9 Å². The Labute approximate surface area is 298 Å². The highest BCUT2D eigenvalue weighted by atomic mass is 19.2. The Morgan fingerprint density at radius 2 is 1.17 bits per heavy atom. The zero-order valence-electron chi connectivity index (χ0n) is 27.9. The molecule has 4 aromatic heterocycles. The summed E-state index contributed by atoms with van der Waals surface area (Å²) in [6.45, 7) is 4.89. The highest BCUT2D eigenvalue weighted by molar-refractivity contribution is 5.99. The van der Waals surface area contributed by atoms with Gasteiger partial charge in [0.05, 0.1) is 56.6 Å². The highest BCUT2D eigenvalue weighted by Gasteiger charge is 2.23. The van der Waals surface area contributed by atoms with E-state index in [9.17, 15) is 18.0 Å². The number of ether oxygens (including phenoxy) is 2. The molecule has 9 rings (SSSR count). The number of carbonyl (C=O) groups excluding carboxylic acids is 1. The Bertz CT molecular complexity index is 2370. The lowest BCUT2D eigenvalue weighted by atomic mass is 10.1. The van der Waals surface area contributed by atoms with Gasteiger partial charge in [0.1, 0.15) is 0 Å². The van der Waals surface area contributed by atoms with E-state index in [-0.39, 0.29) is 34.7 Å². The number of rotatable bonds is 4. The fourth-order valence-corrected chi connectivity index (χ4v) is 6.18. The molecule has 0 unspecified atom stereocenters. The second kappa shape index (κ2) is 14.0. The topological polar surface area (TPSA) is 209 Å². The highest BCUT2D eigenvalue weighted by Crippen LogP contribution is 2.31. The summed E-state index contributed by atoms with van der Waals surface area (Å²) >= 11 is 0. The van der Waals surface area contributed by atoms with Gasteiger partial charge in [0, 0.05) is 43.0 Å². The summed E-state index contributed by atoms with van der Waals surface area (Å²) in [6.07, 6.45) is 3.34. The summed E-state index contributed by atoms with van der Waals surface area (Å²) in [7, 11) is 0. The number of carbonyl (C=O) groups is 1.